The van der Waals surface area contributed by atoms with Crippen molar-refractivity contribution in [1.82, 2.24) is 4.90 Å². The van der Waals surface area contributed by atoms with Crippen molar-refractivity contribution in [3.8, 4) is 0 Å². The summed E-state index contributed by atoms with van der Waals surface area (Å²) < 4.78 is 0. The van der Waals surface area contributed by atoms with Gasteiger partial charge in [0.25, 0.3) is 0 Å². The molecule has 2 heterocycles. The average molecular weight is 211 g/mol. The molecule has 3 unspecified atom stereocenters. The molecule has 3 atom stereocenters. The fourth-order valence-corrected chi connectivity index (χ4v) is 3.42. The summed E-state index contributed by atoms with van der Waals surface area (Å²) in [6.07, 6.45) is 7.02. The summed E-state index contributed by atoms with van der Waals surface area (Å²) in [5, 5.41) is 10.7. The minimum absolute atomic E-state index is 0.360. The Morgan fingerprint density at radius 3 is 3.00 bits per heavy atom. The zero-order valence-electron chi connectivity index (χ0n) is 10.2. The summed E-state index contributed by atoms with van der Waals surface area (Å²) in [6.45, 7) is 6.83. The second-order valence-corrected chi connectivity index (χ2v) is 5.58. The van der Waals surface area contributed by atoms with E-state index in [9.17, 15) is 5.11 Å². The van der Waals surface area contributed by atoms with Crippen LogP contribution in [-0.2, 0) is 0 Å². The molecule has 0 aromatic carbocycles. The summed E-state index contributed by atoms with van der Waals surface area (Å²) in [5.41, 5.74) is -0.360. The van der Waals surface area contributed by atoms with Gasteiger partial charge >= 0.3 is 0 Å². The Kier molecular flexibility index (Phi) is 3.36. The van der Waals surface area contributed by atoms with Crippen LogP contribution < -0.4 is 0 Å². The quantitative estimate of drug-likeness (QED) is 0.775. The molecule has 0 bridgehead atoms. The molecule has 0 aromatic rings. The van der Waals surface area contributed by atoms with Gasteiger partial charge in [-0.05, 0) is 44.6 Å². The van der Waals surface area contributed by atoms with Gasteiger partial charge in [0.15, 0.2) is 0 Å². The smallest absolute Gasteiger partial charge is 0.0700 e. The highest BCUT2D eigenvalue weighted by molar-refractivity contribution is 4.96. The fourth-order valence-electron chi connectivity index (χ4n) is 3.42. The molecule has 0 spiro atoms. The molecule has 0 saturated carbocycles. The van der Waals surface area contributed by atoms with Crippen LogP contribution in [0.5, 0.6) is 0 Å². The Labute approximate surface area is 93.7 Å². The first-order valence-corrected chi connectivity index (χ1v) is 6.62. The number of piperidine rings is 1. The van der Waals surface area contributed by atoms with E-state index < -0.39 is 0 Å². The topological polar surface area (TPSA) is 23.5 Å². The van der Waals surface area contributed by atoms with Gasteiger partial charge in [-0.1, -0.05) is 20.3 Å². The molecule has 0 aliphatic carbocycles. The van der Waals surface area contributed by atoms with Gasteiger partial charge in [0.1, 0.15) is 0 Å². The van der Waals surface area contributed by atoms with Crippen LogP contribution >= 0.6 is 0 Å². The fraction of sp³-hybridized carbons (Fsp3) is 1.00. The Balaban J connectivity index is 1.97. The molecule has 2 heteroatoms. The SMILES string of the molecule is CCCC(C)C1(O)CCN2CCCC2C1. The third kappa shape index (κ3) is 2.21. The van der Waals surface area contributed by atoms with E-state index in [1.807, 2.05) is 0 Å². The second kappa shape index (κ2) is 4.42. The Morgan fingerprint density at radius 1 is 1.47 bits per heavy atom. The molecule has 2 nitrogen and oxygen atoms in total. The van der Waals surface area contributed by atoms with E-state index in [1.165, 1.54) is 32.2 Å². The standard InChI is InChI=1S/C13H25NO/c1-3-5-11(2)13(15)7-9-14-8-4-6-12(14)10-13/h11-12,15H,3-10H2,1-2H3. The Morgan fingerprint density at radius 2 is 2.27 bits per heavy atom. The van der Waals surface area contributed by atoms with Crippen molar-refractivity contribution in [1.29, 1.82) is 0 Å². The maximum atomic E-state index is 10.7. The summed E-state index contributed by atoms with van der Waals surface area (Å²) >= 11 is 0. The van der Waals surface area contributed by atoms with Crippen LogP contribution in [0.15, 0.2) is 0 Å². The molecule has 1 N–H and O–H groups in total. The minimum atomic E-state index is -0.360. The highest BCUT2D eigenvalue weighted by Crippen LogP contribution is 2.38. The molecule has 2 aliphatic heterocycles. The predicted molar refractivity (Wildman–Crippen MR) is 62.9 cm³/mol. The van der Waals surface area contributed by atoms with Crippen LogP contribution in [0.25, 0.3) is 0 Å². The molecule has 2 aliphatic rings. The predicted octanol–water partition coefficient (Wildman–Crippen LogP) is 2.41. The van der Waals surface area contributed by atoms with Crippen LogP contribution in [0, 0.1) is 5.92 Å². The molecule has 2 rings (SSSR count). The van der Waals surface area contributed by atoms with E-state index in [1.54, 1.807) is 0 Å². The van der Waals surface area contributed by atoms with Gasteiger partial charge < -0.3 is 10.0 Å². The van der Waals surface area contributed by atoms with Crippen molar-refractivity contribution in [3.05, 3.63) is 0 Å². The van der Waals surface area contributed by atoms with Crippen molar-refractivity contribution < 1.29 is 5.11 Å². The molecular weight excluding hydrogens is 186 g/mol. The number of hydrogen-bond acceptors (Lipinski definition) is 2. The Bertz CT molecular complexity index is 219. The number of fused-ring (bicyclic) bond motifs is 1. The van der Waals surface area contributed by atoms with Crippen LogP contribution in [0.3, 0.4) is 0 Å². The van der Waals surface area contributed by atoms with E-state index in [-0.39, 0.29) is 5.60 Å². The van der Waals surface area contributed by atoms with Crippen molar-refractivity contribution in [2.45, 2.75) is 64.0 Å². The van der Waals surface area contributed by atoms with Gasteiger partial charge in [-0.25, -0.2) is 0 Å². The summed E-state index contributed by atoms with van der Waals surface area (Å²) in [5.74, 6) is 0.477. The van der Waals surface area contributed by atoms with Gasteiger partial charge in [-0.3, -0.25) is 0 Å². The third-order valence-corrected chi connectivity index (χ3v) is 4.56. The Hall–Kier alpha value is -0.0800. The zero-order chi connectivity index (χ0) is 10.9. The van der Waals surface area contributed by atoms with Gasteiger partial charge in [0.2, 0.25) is 0 Å². The van der Waals surface area contributed by atoms with Crippen molar-refractivity contribution in [3.63, 3.8) is 0 Å². The number of aliphatic hydroxyl groups is 1. The lowest BCUT2D eigenvalue weighted by molar-refractivity contribution is -0.0763. The zero-order valence-corrected chi connectivity index (χ0v) is 10.2. The van der Waals surface area contributed by atoms with Crippen molar-refractivity contribution in [2.24, 2.45) is 5.92 Å². The number of nitrogens with zero attached hydrogens (tertiary/aromatic N) is 1. The molecule has 0 aromatic heterocycles. The lowest BCUT2D eigenvalue weighted by Gasteiger charge is -2.44. The van der Waals surface area contributed by atoms with Crippen molar-refractivity contribution in [2.75, 3.05) is 13.1 Å². The van der Waals surface area contributed by atoms with E-state index in [2.05, 4.69) is 18.7 Å². The molecule has 2 fully saturated rings. The lowest BCUT2D eigenvalue weighted by atomic mass is 9.76. The summed E-state index contributed by atoms with van der Waals surface area (Å²) in [7, 11) is 0. The maximum absolute atomic E-state index is 10.7. The molecule has 88 valence electrons. The summed E-state index contributed by atoms with van der Waals surface area (Å²) in [4.78, 5) is 2.58. The first-order valence-electron chi connectivity index (χ1n) is 6.62. The highest BCUT2D eigenvalue weighted by atomic mass is 16.3. The molecular formula is C13H25NO. The number of rotatable bonds is 3. The van der Waals surface area contributed by atoms with E-state index in [4.69, 9.17) is 0 Å². The normalized spacial score (nSPS) is 39.0. The van der Waals surface area contributed by atoms with Gasteiger partial charge in [0, 0.05) is 12.6 Å². The first-order chi connectivity index (χ1) is 7.15. The molecule has 0 radical (unpaired) electrons. The highest BCUT2D eigenvalue weighted by Gasteiger charge is 2.42. The maximum Gasteiger partial charge on any atom is 0.0700 e. The van der Waals surface area contributed by atoms with Crippen LogP contribution in [0.1, 0.15) is 52.4 Å². The number of hydrogen-bond donors (Lipinski definition) is 1. The third-order valence-electron chi connectivity index (χ3n) is 4.56. The van der Waals surface area contributed by atoms with Crippen molar-refractivity contribution >= 4 is 0 Å². The van der Waals surface area contributed by atoms with Crippen LogP contribution in [-0.4, -0.2) is 34.7 Å². The van der Waals surface area contributed by atoms with Gasteiger partial charge in [-0.15, -0.1) is 0 Å². The molecule has 0 amide bonds. The first kappa shape index (κ1) is 11.4. The monoisotopic (exact) mass is 211 g/mol. The summed E-state index contributed by atoms with van der Waals surface area (Å²) in [6, 6.07) is 0.683. The average Bonchev–Trinajstić information content (AvgIpc) is 2.65. The largest absolute Gasteiger partial charge is 0.390 e. The molecule has 15 heavy (non-hydrogen) atoms. The van der Waals surface area contributed by atoms with E-state index in [0.717, 1.165) is 19.4 Å². The lowest BCUT2D eigenvalue weighted by Crippen LogP contribution is -2.50. The van der Waals surface area contributed by atoms with Crippen LogP contribution in [0.4, 0.5) is 0 Å². The van der Waals surface area contributed by atoms with Crippen LogP contribution in [0.2, 0.25) is 0 Å². The van der Waals surface area contributed by atoms with Gasteiger partial charge in [-0.2, -0.15) is 0 Å². The second-order valence-electron chi connectivity index (χ2n) is 5.58. The van der Waals surface area contributed by atoms with E-state index >= 15 is 0 Å². The van der Waals surface area contributed by atoms with E-state index in [0.29, 0.717) is 12.0 Å². The van der Waals surface area contributed by atoms with Gasteiger partial charge in [0.05, 0.1) is 5.60 Å². The minimum Gasteiger partial charge on any atom is -0.390 e. The molecule has 2 saturated heterocycles.